The molecule has 0 saturated heterocycles. The second-order valence-corrected chi connectivity index (χ2v) is 7.85. The smallest absolute Gasteiger partial charge is 0.336 e. The summed E-state index contributed by atoms with van der Waals surface area (Å²) in [5.74, 6) is -0.910. The van der Waals surface area contributed by atoms with Crippen LogP contribution in [0.5, 0.6) is 0 Å². The van der Waals surface area contributed by atoms with Crippen LogP contribution in [0.2, 0.25) is 0 Å². The molecule has 168 valence electrons. The zero-order chi connectivity index (χ0) is 23.3. The van der Waals surface area contributed by atoms with Crippen LogP contribution in [0, 0.1) is 17.0 Å². The summed E-state index contributed by atoms with van der Waals surface area (Å²) in [5, 5.41) is 11.2. The number of rotatable bonds is 8. The Morgan fingerprint density at radius 3 is 2.59 bits per heavy atom. The van der Waals surface area contributed by atoms with Gasteiger partial charge in [-0.2, -0.15) is 0 Å². The molecule has 0 N–H and O–H groups in total. The van der Waals surface area contributed by atoms with Crippen molar-refractivity contribution in [3.05, 3.63) is 86.6 Å². The third-order valence-electron chi connectivity index (χ3n) is 5.67. The molecule has 0 aliphatic carbocycles. The van der Waals surface area contributed by atoms with Crippen LogP contribution in [0.1, 0.15) is 55.7 Å². The number of carbonyl (C=O) groups excluding carboxylic acids is 2. The van der Waals surface area contributed by atoms with Gasteiger partial charge < -0.3 is 9.64 Å². The third-order valence-corrected chi connectivity index (χ3v) is 5.67. The Kier molecular flexibility index (Phi) is 7.41. The van der Waals surface area contributed by atoms with Gasteiger partial charge in [-0.15, -0.1) is 0 Å². The topological polar surface area (TPSA) is 89.8 Å². The quantitative estimate of drug-likeness (QED) is 0.329. The predicted molar refractivity (Wildman–Crippen MR) is 121 cm³/mol. The van der Waals surface area contributed by atoms with Crippen molar-refractivity contribution in [1.29, 1.82) is 0 Å². The molecule has 0 fully saturated rings. The fourth-order valence-electron chi connectivity index (χ4n) is 4.24. The summed E-state index contributed by atoms with van der Waals surface area (Å²) in [7, 11) is 0. The minimum absolute atomic E-state index is 0.0311. The van der Waals surface area contributed by atoms with E-state index in [4.69, 9.17) is 4.74 Å². The molecule has 7 heteroatoms. The summed E-state index contributed by atoms with van der Waals surface area (Å²) in [4.78, 5) is 38.8. The number of nitro benzene ring substituents is 1. The number of hydrogen-bond acceptors (Lipinski definition) is 5. The van der Waals surface area contributed by atoms with Gasteiger partial charge in [0.1, 0.15) is 0 Å². The van der Waals surface area contributed by atoms with E-state index in [0.29, 0.717) is 23.3 Å². The lowest BCUT2D eigenvalue weighted by molar-refractivity contribution is -0.384. The molecule has 3 rings (SSSR count). The lowest BCUT2D eigenvalue weighted by atomic mass is 9.81. The predicted octanol–water partition coefficient (Wildman–Crippen LogP) is 5.04. The first kappa shape index (κ1) is 23.2. The molecule has 0 bridgehead atoms. The summed E-state index contributed by atoms with van der Waals surface area (Å²) in [6, 6.07) is 14.0. The summed E-state index contributed by atoms with van der Waals surface area (Å²) >= 11 is 0. The van der Waals surface area contributed by atoms with E-state index in [1.165, 1.54) is 12.1 Å². The summed E-state index contributed by atoms with van der Waals surface area (Å²) < 4.78 is 5.41. The Balaban J connectivity index is 2.12. The normalized spacial score (nSPS) is 16.3. The van der Waals surface area contributed by atoms with Gasteiger partial charge >= 0.3 is 5.97 Å². The molecule has 2 aromatic rings. The van der Waals surface area contributed by atoms with Crippen LogP contribution in [-0.2, 0) is 20.9 Å². The van der Waals surface area contributed by atoms with Gasteiger partial charge in [0.2, 0.25) is 5.91 Å². The van der Waals surface area contributed by atoms with Gasteiger partial charge in [0.15, 0.2) is 0 Å². The first-order chi connectivity index (χ1) is 15.4. The third kappa shape index (κ3) is 4.88. The second kappa shape index (κ2) is 10.2. The SMILES string of the molecule is CCCC1=C(C(=O)OCC)C(c2ccccc2C)CC(=O)N1Cc1cccc([N+](=O)[O-])c1. The number of aryl methyl sites for hydroxylation is 1. The maximum Gasteiger partial charge on any atom is 0.336 e. The molecule has 1 aliphatic rings. The molecule has 1 amide bonds. The Morgan fingerprint density at radius 1 is 1.19 bits per heavy atom. The van der Waals surface area contributed by atoms with E-state index in [0.717, 1.165) is 17.5 Å². The van der Waals surface area contributed by atoms with Crippen molar-refractivity contribution in [2.24, 2.45) is 0 Å². The van der Waals surface area contributed by atoms with Gasteiger partial charge in [-0.05, 0) is 37.0 Å². The first-order valence-corrected chi connectivity index (χ1v) is 10.9. The van der Waals surface area contributed by atoms with Crippen LogP contribution >= 0.6 is 0 Å². The van der Waals surface area contributed by atoms with Crippen molar-refractivity contribution in [2.75, 3.05) is 6.61 Å². The van der Waals surface area contributed by atoms with E-state index in [2.05, 4.69) is 0 Å². The monoisotopic (exact) mass is 436 g/mol. The average Bonchev–Trinajstić information content (AvgIpc) is 2.76. The van der Waals surface area contributed by atoms with Crippen molar-refractivity contribution in [1.82, 2.24) is 4.90 Å². The van der Waals surface area contributed by atoms with E-state index < -0.39 is 10.9 Å². The highest BCUT2D eigenvalue weighted by Crippen LogP contribution is 2.40. The van der Waals surface area contributed by atoms with Crippen LogP contribution in [-0.4, -0.2) is 28.3 Å². The molecule has 1 unspecified atom stereocenters. The van der Waals surface area contributed by atoms with E-state index in [1.54, 1.807) is 24.0 Å². The molecule has 7 nitrogen and oxygen atoms in total. The number of allylic oxidation sites excluding steroid dienone is 1. The minimum Gasteiger partial charge on any atom is -0.463 e. The lowest BCUT2D eigenvalue weighted by Gasteiger charge is -2.36. The Bertz CT molecular complexity index is 1060. The van der Waals surface area contributed by atoms with Crippen LogP contribution < -0.4 is 0 Å². The minimum atomic E-state index is -0.456. The van der Waals surface area contributed by atoms with Gasteiger partial charge in [0.05, 0.1) is 23.6 Å². The Labute approximate surface area is 187 Å². The molecule has 2 aromatic carbocycles. The second-order valence-electron chi connectivity index (χ2n) is 7.85. The van der Waals surface area contributed by atoms with Crippen molar-refractivity contribution in [3.63, 3.8) is 0 Å². The average molecular weight is 437 g/mol. The van der Waals surface area contributed by atoms with Crippen LogP contribution in [0.4, 0.5) is 5.69 Å². The van der Waals surface area contributed by atoms with Gasteiger partial charge in [0.25, 0.3) is 5.69 Å². The molecule has 0 aromatic heterocycles. The highest BCUT2D eigenvalue weighted by atomic mass is 16.6. The number of hydrogen-bond donors (Lipinski definition) is 0. The molecule has 32 heavy (non-hydrogen) atoms. The van der Waals surface area contributed by atoms with Crippen molar-refractivity contribution in [2.45, 2.75) is 52.5 Å². The number of benzene rings is 2. The number of amides is 1. The van der Waals surface area contributed by atoms with Crippen LogP contribution in [0.3, 0.4) is 0 Å². The van der Waals surface area contributed by atoms with Crippen LogP contribution in [0.15, 0.2) is 59.8 Å². The van der Waals surface area contributed by atoms with E-state index in [9.17, 15) is 19.7 Å². The number of esters is 1. The fraction of sp³-hybridized carbons (Fsp3) is 0.360. The molecular weight excluding hydrogens is 408 g/mol. The van der Waals surface area contributed by atoms with Gasteiger partial charge in [-0.25, -0.2) is 4.79 Å². The van der Waals surface area contributed by atoms with Crippen molar-refractivity contribution >= 4 is 17.6 Å². The molecular formula is C25H28N2O5. The standard InChI is InChI=1S/C25H28N2O5/c1-4-9-22-24(25(29)32-5-2)21(20-13-7-6-10-17(20)3)15-23(28)26(22)16-18-11-8-12-19(14-18)27(30)31/h6-8,10-14,21H,4-5,9,15-16H2,1-3H3. The van der Waals surface area contributed by atoms with Crippen molar-refractivity contribution in [3.8, 4) is 0 Å². The van der Waals surface area contributed by atoms with E-state index >= 15 is 0 Å². The van der Waals surface area contributed by atoms with Crippen LogP contribution in [0.25, 0.3) is 0 Å². The van der Waals surface area contributed by atoms with E-state index in [-0.39, 0.29) is 37.1 Å². The van der Waals surface area contributed by atoms with Gasteiger partial charge in [-0.1, -0.05) is 49.7 Å². The zero-order valence-corrected chi connectivity index (χ0v) is 18.7. The Morgan fingerprint density at radius 2 is 1.94 bits per heavy atom. The molecule has 1 heterocycles. The highest BCUT2D eigenvalue weighted by Gasteiger charge is 2.38. The summed E-state index contributed by atoms with van der Waals surface area (Å²) in [6.45, 7) is 6.12. The fourth-order valence-corrected chi connectivity index (χ4v) is 4.24. The first-order valence-electron chi connectivity index (χ1n) is 10.9. The summed E-state index contributed by atoms with van der Waals surface area (Å²) in [5.41, 5.74) is 3.70. The van der Waals surface area contributed by atoms with Gasteiger partial charge in [0, 0.05) is 30.2 Å². The maximum atomic E-state index is 13.3. The zero-order valence-electron chi connectivity index (χ0n) is 18.7. The molecule has 1 atom stereocenters. The summed E-state index contributed by atoms with van der Waals surface area (Å²) in [6.07, 6.45) is 1.40. The number of nitrogens with zero attached hydrogens (tertiary/aromatic N) is 2. The Hall–Kier alpha value is -3.48. The van der Waals surface area contributed by atoms with Gasteiger partial charge in [-0.3, -0.25) is 14.9 Å². The highest BCUT2D eigenvalue weighted by molar-refractivity contribution is 5.96. The lowest BCUT2D eigenvalue weighted by Crippen LogP contribution is -2.39. The number of carbonyl (C=O) groups is 2. The van der Waals surface area contributed by atoms with Crippen molar-refractivity contribution < 1.29 is 19.2 Å². The van der Waals surface area contributed by atoms with E-state index in [1.807, 2.05) is 38.1 Å². The number of non-ortho nitro benzene ring substituents is 1. The molecule has 0 radical (unpaired) electrons. The maximum absolute atomic E-state index is 13.3. The molecule has 0 saturated carbocycles. The largest absolute Gasteiger partial charge is 0.463 e. The number of ether oxygens (including phenoxy) is 1. The molecule has 0 spiro atoms. The number of nitro groups is 1. The molecule has 1 aliphatic heterocycles.